The van der Waals surface area contributed by atoms with Crippen molar-refractivity contribution >= 4 is 23.5 Å². The van der Waals surface area contributed by atoms with E-state index in [-0.39, 0.29) is 12.3 Å². The highest BCUT2D eigenvalue weighted by atomic mass is 35.5. The summed E-state index contributed by atoms with van der Waals surface area (Å²) in [6.07, 6.45) is 0.0217. The summed E-state index contributed by atoms with van der Waals surface area (Å²) in [4.78, 5) is 23.6. The van der Waals surface area contributed by atoms with Gasteiger partial charge in [-0.2, -0.15) is 0 Å². The van der Waals surface area contributed by atoms with Gasteiger partial charge in [-0.3, -0.25) is 9.59 Å². The lowest BCUT2D eigenvalue weighted by Gasteiger charge is -2.18. The highest BCUT2D eigenvalue weighted by Crippen LogP contribution is 2.25. The maximum atomic E-state index is 12.2. The van der Waals surface area contributed by atoms with Crippen molar-refractivity contribution in [2.75, 3.05) is 0 Å². The molecule has 1 unspecified atom stereocenters. The third kappa shape index (κ3) is 5.11. The summed E-state index contributed by atoms with van der Waals surface area (Å²) < 4.78 is 5.28. The highest BCUT2D eigenvalue weighted by Gasteiger charge is 2.19. The fraction of sp³-hybridized carbons (Fsp3) is 0.222. The number of rotatable bonds is 5. The van der Waals surface area contributed by atoms with E-state index >= 15 is 0 Å². The number of esters is 1. The Morgan fingerprint density at radius 3 is 2.39 bits per heavy atom. The van der Waals surface area contributed by atoms with Gasteiger partial charge in [0.25, 0.3) is 0 Å². The zero-order chi connectivity index (χ0) is 16.8. The summed E-state index contributed by atoms with van der Waals surface area (Å²) in [5.41, 5.74) is 1.95. The Labute approximate surface area is 140 Å². The molecular weight excluding hydrogens is 314 g/mol. The number of aryl methyl sites for hydroxylation is 1. The molecule has 0 saturated heterocycles. The van der Waals surface area contributed by atoms with Gasteiger partial charge in [0.05, 0.1) is 17.5 Å². The van der Waals surface area contributed by atoms with E-state index in [9.17, 15) is 9.59 Å². The summed E-state index contributed by atoms with van der Waals surface area (Å²) in [7, 11) is 0. The van der Waals surface area contributed by atoms with Gasteiger partial charge in [0, 0.05) is 6.92 Å². The predicted molar refractivity (Wildman–Crippen MR) is 89.4 cm³/mol. The topological polar surface area (TPSA) is 55.4 Å². The maximum Gasteiger partial charge on any atom is 0.313 e. The first-order valence-corrected chi connectivity index (χ1v) is 7.62. The second kappa shape index (κ2) is 7.79. The highest BCUT2D eigenvalue weighted by molar-refractivity contribution is 6.32. The van der Waals surface area contributed by atoms with Gasteiger partial charge in [0.2, 0.25) is 5.91 Å². The number of para-hydroxylation sites is 1. The molecular formula is C18H18ClNO3. The number of nitrogens with one attached hydrogen (secondary N) is 1. The number of amides is 1. The summed E-state index contributed by atoms with van der Waals surface area (Å²) in [6, 6.07) is 14.0. The van der Waals surface area contributed by atoms with Crippen molar-refractivity contribution in [1.82, 2.24) is 5.32 Å². The Morgan fingerprint density at radius 2 is 1.78 bits per heavy atom. The van der Waals surface area contributed by atoms with E-state index in [1.54, 1.807) is 24.3 Å². The largest absolute Gasteiger partial charge is 0.425 e. The predicted octanol–water partition coefficient (Wildman–Crippen LogP) is 3.82. The van der Waals surface area contributed by atoms with Gasteiger partial charge in [0.1, 0.15) is 5.75 Å². The Morgan fingerprint density at radius 1 is 1.13 bits per heavy atom. The standard InChI is InChI=1S/C18H18ClNO3/c1-12-7-9-14(10-8-12)16(20-13(2)21)11-18(22)23-17-6-4-3-5-15(17)19/h3-10,16H,11H2,1-2H3,(H,20,21). The lowest BCUT2D eigenvalue weighted by Crippen LogP contribution is -2.29. The molecule has 0 radical (unpaired) electrons. The van der Waals surface area contributed by atoms with E-state index in [1.807, 2.05) is 31.2 Å². The van der Waals surface area contributed by atoms with Crippen LogP contribution in [0.3, 0.4) is 0 Å². The SMILES string of the molecule is CC(=O)NC(CC(=O)Oc1ccccc1Cl)c1ccc(C)cc1. The van der Waals surface area contributed by atoms with Crippen LogP contribution in [-0.4, -0.2) is 11.9 Å². The Kier molecular flexibility index (Phi) is 5.77. The van der Waals surface area contributed by atoms with Gasteiger partial charge >= 0.3 is 5.97 Å². The quantitative estimate of drug-likeness (QED) is 0.669. The molecule has 4 nitrogen and oxygen atoms in total. The minimum atomic E-state index is -0.461. The van der Waals surface area contributed by atoms with Gasteiger partial charge in [-0.1, -0.05) is 53.6 Å². The third-order valence-corrected chi connectivity index (χ3v) is 3.60. The fourth-order valence-electron chi connectivity index (χ4n) is 2.15. The van der Waals surface area contributed by atoms with E-state index in [4.69, 9.17) is 16.3 Å². The minimum absolute atomic E-state index is 0.0217. The molecule has 0 fully saturated rings. The van der Waals surface area contributed by atoms with Crippen LogP contribution in [0.15, 0.2) is 48.5 Å². The van der Waals surface area contributed by atoms with Crippen LogP contribution < -0.4 is 10.1 Å². The molecule has 23 heavy (non-hydrogen) atoms. The smallest absolute Gasteiger partial charge is 0.313 e. The number of benzene rings is 2. The molecule has 2 rings (SSSR count). The molecule has 1 atom stereocenters. The number of carbonyl (C=O) groups is 2. The van der Waals surface area contributed by atoms with Crippen molar-refractivity contribution in [2.24, 2.45) is 0 Å². The van der Waals surface area contributed by atoms with Crippen molar-refractivity contribution in [2.45, 2.75) is 26.3 Å². The van der Waals surface area contributed by atoms with Gasteiger partial charge in [-0.05, 0) is 24.6 Å². The zero-order valence-corrected chi connectivity index (χ0v) is 13.8. The molecule has 2 aromatic rings. The van der Waals surface area contributed by atoms with Crippen molar-refractivity contribution < 1.29 is 14.3 Å². The van der Waals surface area contributed by atoms with Crippen LogP contribution in [0.1, 0.15) is 30.5 Å². The Balaban J connectivity index is 2.11. The van der Waals surface area contributed by atoms with Crippen molar-refractivity contribution in [3.05, 3.63) is 64.7 Å². The van der Waals surface area contributed by atoms with E-state index in [1.165, 1.54) is 6.92 Å². The molecule has 0 spiro atoms. The maximum absolute atomic E-state index is 12.2. The molecule has 120 valence electrons. The van der Waals surface area contributed by atoms with Crippen molar-refractivity contribution in [3.8, 4) is 5.75 Å². The first-order valence-electron chi connectivity index (χ1n) is 7.24. The van der Waals surface area contributed by atoms with Crippen LogP contribution in [0.25, 0.3) is 0 Å². The van der Waals surface area contributed by atoms with E-state index in [0.29, 0.717) is 10.8 Å². The molecule has 0 aliphatic carbocycles. The van der Waals surface area contributed by atoms with Gasteiger partial charge in [-0.15, -0.1) is 0 Å². The van der Waals surface area contributed by atoms with Crippen LogP contribution >= 0.6 is 11.6 Å². The molecule has 0 aromatic heterocycles. The first-order chi connectivity index (χ1) is 11.0. The summed E-state index contributed by atoms with van der Waals surface area (Å²) in [5, 5.41) is 3.14. The fourth-order valence-corrected chi connectivity index (χ4v) is 2.33. The monoisotopic (exact) mass is 331 g/mol. The molecule has 0 aliphatic heterocycles. The average Bonchev–Trinajstić information content (AvgIpc) is 2.49. The molecule has 1 amide bonds. The second-order valence-corrected chi connectivity index (χ2v) is 5.68. The number of hydrogen-bond acceptors (Lipinski definition) is 3. The normalized spacial score (nSPS) is 11.6. The summed E-state index contributed by atoms with van der Waals surface area (Å²) in [6.45, 7) is 3.39. The molecule has 2 aromatic carbocycles. The summed E-state index contributed by atoms with van der Waals surface area (Å²) in [5.74, 6) is -0.358. The average molecular weight is 332 g/mol. The Hall–Kier alpha value is -2.33. The lowest BCUT2D eigenvalue weighted by molar-refractivity contribution is -0.135. The van der Waals surface area contributed by atoms with Crippen LogP contribution in [0.2, 0.25) is 5.02 Å². The van der Waals surface area contributed by atoms with Crippen LogP contribution in [0.5, 0.6) is 5.75 Å². The summed E-state index contributed by atoms with van der Waals surface area (Å²) >= 11 is 5.98. The van der Waals surface area contributed by atoms with E-state index in [2.05, 4.69) is 5.32 Å². The van der Waals surface area contributed by atoms with E-state index in [0.717, 1.165) is 11.1 Å². The van der Waals surface area contributed by atoms with Gasteiger partial charge in [-0.25, -0.2) is 0 Å². The third-order valence-electron chi connectivity index (χ3n) is 3.29. The van der Waals surface area contributed by atoms with E-state index < -0.39 is 12.0 Å². The number of halogens is 1. The zero-order valence-electron chi connectivity index (χ0n) is 13.0. The molecule has 1 N–H and O–H groups in total. The van der Waals surface area contributed by atoms with Crippen LogP contribution in [0, 0.1) is 6.92 Å². The molecule has 0 aliphatic rings. The van der Waals surface area contributed by atoms with Crippen LogP contribution in [-0.2, 0) is 9.59 Å². The molecule has 0 saturated carbocycles. The van der Waals surface area contributed by atoms with Crippen molar-refractivity contribution in [3.63, 3.8) is 0 Å². The molecule has 0 bridgehead atoms. The molecule has 0 heterocycles. The second-order valence-electron chi connectivity index (χ2n) is 5.27. The minimum Gasteiger partial charge on any atom is -0.425 e. The van der Waals surface area contributed by atoms with Gasteiger partial charge < -0.3 is 10.1 Å². The number of ether oxygens (including phenoxy) is 1. The first kappa shape index (κ1) is 17.0. The number of carbonyl (C=O) groups excluding carboxylic acids is 2. The van der Waals surface area contributed by atoms with Crippen LogP contribution in [0.4, 0.5) is 0 Å². The number of hydrogen-bond donors (Lipinski definition) is 1. The Bertz CT molecular complexity index is 698. The van der Waals surface area contributed by atoms with Gasteiger partial charge in [0.15, 0.2) is 0 Å². The molecule has 5 heteroatoms. The van der Waals surface area contributed by atoms with Crippen molar-refractivity contribution in [1.29, 1.82) is 0 Å². The lowest BCUT2D eigenvalue weighted by atomic mass is 10.0.